The van der Waals surface area contributed by atoms with Crippen LogP contribution in [0.5, 0.6) is 5.75 Å². The molecule has 1 N–H and O–H groups in total. The second-order valence-corrected chi connectivity index (χ2v) is 9.59. The molecule has 1 atom stereocenters. The summed E-state index contributed by atoms with van der Waals surface area (Å²) >= 11 is 3.01. The van der Waals surface area contributed by atoms with Gasteiger partial charge in [-0.25, -0.2) is 4.98 Å². The third kappa shape index (κ3) is 4.85. The molecular weight excluding hydrogens is 430 g/mol. The van der Waals surface area contributed by atoms with Gasteiger partial charge in [-0.1, -0.05) is 49.9 Å². The van der Waals surface area contributed by atoms with Gasteiger partial charge in [0.2, 0.25) is 5.91 Å². The van der Waals surface area contributed by atoms with Gasteiger partial charge < -0.3 is 15.0 Å². The maximum Gasteiger partial charge on any atom is 0.263 e. The van der Waals surface area contributed by atoms with Crippen molar-refractivity contribution in [1.29, 1.82) is 0 Å². The number of fused-ring (bicyclic) bond motifs is 2. The van der Waals surface area contributed by atoms with Crippen LogP contribution in [0.25, 0.3) is 10.2 Å². The lowest BCUT2D eigenvalue weighted by Gasteiger charge is -2.34. The van der Waals surface area contributed by atoms with Gasteiger partial charge in [0.05, 0.1) is 28.2 Å². The highest BCUT2D eigenvalue weighted by molar-refractivity contribution is 8.01. The lowest BCUT2D eigenvalue weighted by atomic mass is 10.1. The van der Waals surface area contributed by atoms with Crippen LogP contribution in [-0.4, -0.2) is 41.2 Å². The maximum absolute atomic E-state index is 13.1. The van der Waals surface area contributed by atoms with E-state index in [1.807, 2.05) is 56.3 Å². The fourth-order valence-electron chi connectivity index (χ4n) is 3.51. The van der Waals surface area contributed by atoms with Crippen LogP contribution >= 0.6 is 23.1 Å². The van der Waals surface area contributed by atoms with Crippen LogP contribution in [0.4, 0.5) is 5.69 Å². The smallest absolute Gasteiger partial charge is 0.263 e. The molecule has 0 saturated heterocycles. The monoisotopic (exact) mass is 455 g/mol. The van der Waals surface area contributed by atoms with E-state index in [1.165, 1.54) is 11.8 Å². The summed E-state index contributed by atoms with van der Waals surface area (Å²) in [5.41, 5.74) is 1.64. The van der Waals surface area contributed by atoms with Gasteiger partial charge in [-0.2, -0.15) is 0 Å². The molecule has 1 aliphatic heterocycles. The Kier molecular flexibility index (Phi) is 6.77. The molecular formula is C23H25N3O3S2. The molecule has 4 rings (SSSR count). The van der Waals surface area contributed by atoms with Crippen LogP contribution in [0.3, 0.4) is 0 Å². The molecule has 0 bridgehead atoms. The summed E-state index contributed by atoms with van der Waals surface area (Å²) in [7, 11) is 0. The maximum atomic E-state index is 13.1. The molecule has 0 radical (unpaired) electrons. The minimum Gasteiger partial charge on any atom is -0.477 e. The molecule has 2 aromatic carbocycles. The van der Waals surface area contributed by atoms with E-state index >= 15 is 0 Å². The van der Waals surface area contributed by atoms with Gasteiger partial charge in [0.15, 0.2) is 10.4 Å². The number of carbonyl (C=O) groups excluding carboxylic acids is 2. The largest absolute Gasteiger partial charge is 0.477 e. The summed E-state index contributed by atoms with van der Waals surface area (Å²) in [6.45, 7) is 4.28. The highest BCUT2D eigenvalue weighted by Crippen LogP contribution is 2.35. The molecule has 0 spiro atoms. The number of rotatable bonds is 7. The molecule has 1 aromatic heterocycles. The number of nitrogens with zero attached hydrogens (tertiary/aromatic N) is 2. The van der Waals surface area contributed by atoms with E-state index < -0.39 is 6.10 Å². The molecule has 2 amide bonds. The fourth-order valence-corrected chi connectivity index (χ4v) is 5.45. The van der Waals surface area contributed by atoms with E-state index in [0.717, 1.165) is 27.4 Å². The van der Waals surface area contributed by atoms with Crippen LogP contribution < -0.4 is 15.0 Å². The number of ether oxygens (including phenoxy) is 1. The zero-order valence-corrected chi connectivity index (χ0v) is 19.2. The van der Waals surface area contributed by atoms with Gasteiger partial charge in [-0.05, 0) is 37.1 Å². The van der Waals surface area contributed by atoms with Gasteiger partial charge in [0.25, 0.3) is 5.91 Å². The minimum absolute atomic E-state index is 0.0691. The Labute approximate surface area is 190 Å². The number of benzene rings is 2. The molecule has 1 unspecified atom stereocenters. The van der Waals surface area contributed by atoms with Crippen molar-refractivity contribution in [2.75, 3.05) is 17.2 Å². The fraction of sp³-hybridized carbons (Fsp3) is 0.348. The Morgan fingerprint density at radius 3 is 2.71 bits per heavy atom. The molecule has 2 heterocycles. The Balaban J connectivity index is 1.48. The zero-order chi connectivity index (χ0) is 21.8. The molecule has 0 saturated carbocycles. The van der Waals surface area contributed by atoms with Crippen molar-refractivity contribution in [3.63, 3.8) is 0 Å². The van der Waals surface area contributed by atoms with Crippen LogP contribution in [-0.2, 0) is 9.59 Å². The van der Waals surface area contributed by atoms with Crippen molar-refractivity contribution in [3.05, 3.63) is 48.5 Å². The molecule has 8 heteroatoms. The number of para-hydroxylation sites is 3. The molecule has 31 heavy (non-hydrogen) atoms. The first-order valence-electron chi connectivity index (χ1n) is 10.4. The van der Waals surface area contributed by atoms with E-state index in [9.17, 15) is 9.59 Å². The molecule has 1 aliphatic rings. The van der Waals surface area contributed by atoms with Crippen molar-refractivity contribution in [3.8, 4) is 5.75 Å². The van der Waals surface area contributed by atoms with Gasteiger partial charge in [0.1, 0.15) is 5.75 Å². The summed E-state index contributed by atoms with van der Waals surface area (Å²) in [4.78, 5) is 32.2. The summed E-state index contributed by atoms with van der Waals surface area (Å²) in [6.07, 6.45) is 0.979. The van der Waals surface area contributed by atoms with Crippen molar-refractivity contribution in [2.24, 2.45) is 0 Å². The Hall–Kier alpha value is -2.58. The molecule has 162 valence electrons. The highest BCUT2D eigenvalue weighted by Gasteiger charge is 2.34. The summed E-state index contributed by atoms with van der Waals surface area (Å²) in [5.74, 6) is 0.548. The van der Waals surface area contributed by atoms with E-state index in [2.05, 4.69) is 10.3 Å². The van der Waals surface area contributed by atoms with E-state index in [4.69, 9.17) is 4.74 Å². The Morgan fingerprint density at radius 2 is 1.94 bits per heavy atom. The second-order valence-electron chi connectivity index (χ2n) is 7.34. The van der Waals surface area contributed by atoms with Crippen LogP contribution in [0.1, 0.15) is 26.7 Å². The number of thioether (sulfide) groups is 1. The first-order valence-corrected chi connectivity index (χ1v) is 12.2. The van der Waals surface area contributed by atoms with Gasteiger partial charge in [-0.15, -0.1) is 11.3 Å². The third-order valence-corrected chi connectivity index (χ3v) is 7.46. The van der Waals surface area contributed by atoms with Crippen molar-refractivity contribution < 1.29 is 14.3 Å². The number of carbonyl (C=O) groups is 2. The first kappa shape index (κ1) is 21.6. The highest BCUT2D eigenvalue weighted by atomic mass is 32.2. The minimum atomic E-state index is -0.730. The van der Waals surface area contributed by atoms with Crippen molar-refractivity contribution in [2.45, 2.75) is 43.2 Å². The standard InChI is InChI=1S/C23H25N3O3S2/c1-3-15(4-2)24-22(28)19-13-26(17-10-6-7-11-18(17)29-19)21(27)14-30-23-25-16-9-5-8-12-20(16)31-23/h5-12,15,19H,3-4,13-14H2,1-2H3,(H,24,28). The number of amides is 2. The van der Waals surface area contributed by atoms with Gasteiger partial charge in [0, 0.05) is 6.04 Å². The lowest BCUT2D eigenvalue weighted by Crippen LogP contribution is -2.52. The van der Waals surface area contributed by atoms with Crippen LogP contribution in [0.15, 0.2) is 52.9 Å². The summed E-state index contributed by atoms with van der Waals surface area (Å²) in [6, 6.07) is 15.4. The third-order valence-electron chi connectivity index (χ3n) is 5.29. The summed E-state index contributed by atoms with van der Waals surface area (Å²) < 4.78 is 7.91. The van der Waals surface area contributed by atoms with Crippen LogP contribution in [0, 0.1) is 0 Å². The Bertz CT molecular complexity index is 1050. The number of aromatic nitrogens is 1. The SMILES string of the molecule is CCC(CC)NC(=O)C1CN(C(=O)CSc2nc3ccccc3s2)c2ccccc2O1. The molecule has 0 aliphatic carbocycles. The quantitative estimate of drug-likeness (QED) is 0.532. The van der Waals surface area contributed by atoms with Crippen molar-refractivity contribution in [1.82, 2.24) is 10.3 Å². The van der Waals surface area contributed by atoms with Gasteiger partial charge in [-0.3, -0.25) is 9.59 Å². The zero-order valence-electron chi connectivity index (χ0n) is 17.5. The number of thiazole rings is 1. The predicted molar refractivity (Wildman–Crippen MR) is 126 cm³/mol. The summed E-state index contributed by atoms with van der Waals surface area (Å²) in [5, 5.41) is 3.03. The molecule has 0 fully saturated rings. The Morgan fingerprint density at radius 1 is 1.19 bits per heavy atom. The van der Waals surface area contributed by atoms with Crippen molar-refractivity contribution >= 4 is 50.8 Å². The van der Waals surface area contributed by atoms with E-state index in [1.54, 1.807) is 22.3 Å². The lowest BCUT2D eigenvalue weighted by molar-refractivity contribution is -0.129. The van der Waals surface area contributed by atoms with E-state index in [-0.39, 0.29) is 30.2 Å². The number of hydrogen-bond donors (Lipinski definition) is 1. The number of hydrogen-bond acceptors (Lipinski definition) is 6. The average Bonchev–Trinajstić information content (AvgIpc) is 3.23. The first-order chi connectivity index (χ1) is 15.1. The molecule has 3 aromatic rings. The normalized spacial score (nSPS) is 15.6. The predicted octanol–water partition coefficient (Wildman–Crippen LogP) is 4.49. The number of anilines is 1. The second kappa shape index (κ2) is 9.70. The topological polar surface area (TPSA) is 71.5 Å². The average molecular weight is 456 g/mol. The van der Waals surface area contributed by atoms with E-state index in [0.29, 0.717) is 11.4 Å². The number of nitrogens with one attached hydrogen (secondary N) is 1. The van der Waals surface area contributed by atoms with Gasteiger partial charge >= 0.3 is 0 Å². The molecule has 6 nitrogen and oxygen atoms in total. The van der Waals surface area contributed by atoms with Crippen LogP contribution in [0.2, 0.25) is 0 Å².